The van der Waals surface area contributed by atoms with Gasteiger partial charge < -0.3 is 4.42 Å². The highest BCUT2D eigenvalue weighted by Crippen LogP contribution is 2.36. The van der Waals surface area contributed by atoms with Crippen LogP contribution in [-0.2, 0) is 6.42 Å². The van der Waals surface area contributed by atoms with Crippen molar-refractivity contribution >= 4 is 11.8 Å². The fraction of sp³-hybridized carbons (Fsp3) is 0.154. The quantitative estimate of drug-likeness (QED) is 0.279. The number of nitrogens with zero attached hydrogens (tertiary/aromatic N) is 5. The van der Waals surface area contributed by atoms with Gasteiger partial charge in [-0.05, 0) is 43.7 Å². The van der Waals surface area contributed by atoms with Gasteiger partial charge in [-0.2, -0.15) is 0 Å². The van der Waals surface area contributed by atoms with Crippen molar-refractivity contribution < 1.29 is 4.42 Å². The van der Waals surface area contributed by atoms with E-state index in [0.29, 0.717) is 18.2 Å². The molecule has 7 heteroatoms. The van der Waals surface area contributed by atoms with Crippen molar-refractivity contribution in [3.05, 3.63) is 108 Å². The molecule has 0 radical (unpaired) electrons. The Morgan fingerprint density at radius 2 is 1.61 bits per heavy atom. The summed E-state index contributed by atoms with van der Waals surface area (Å²) in [5.41, 5.74) is 4.28. The molecule has 0 saturated heterocycles. The lowest BCUT2D eigenvalue weighted by Gasteiger charge is -2.12. The third kappa shape index (κ3) is 4.73. The minimum atomic E-state index is -0.0905. The highest BCUT2D eigenvalue weighted by atomic mass is 32.2. The molecular weight excluding hydrogens is 430 g/mol. The SMILES string of the molecule is Cc1cccc(-c2nnc([C@H](C)Sc3nnc(Cc4ccccc4)n3-c3ccccc3)o2)c1. The lowest BCUT2D eigenvalue weighted by Crippen LogP contribution is -2.04. The first-order valence-electron chi connectivity index (χ1n) is 10.8. The number of aryl methyl sites for hydroxylation is 1. The number of hydrogen-bond donors (Lipinski definition) is 0. The fourth-order valence-electron chi connectivity index (χ4n) is 3.61. The van der Waals surface area contributed by atoms with Crippen LogP contribution in [0.25, 0.3) is 17.1 Å². The standard InChI is InChI=1S/C26H23N5OS/c1-18-10-9-13-21(16-18)25-29-28-24(32-25)19(2)33-26-30-27-23(17-20-11-5-3-6-12-20)31(26)22-14-7-4-8-15-22/h3-16,19H,17H2,1-2H3/t19-/m0/s1. The zero-order chi connectivity index (χ0) is 22.6. The van der Waals surface area contributed by atoms with Crippen molar-refractivity contribution in [2.24, 2.45) is 0 Å². The molecule has 0 fully saturated rings. The number of benzene rings is 3. The Balaban J connectivity index is 1.43. The Morgan fingerprint density at radius 1 is 0.848 bits per heavy atom. The summed E-state index contributed by atoms with van der Waals surface area (Å²) in [5, 5.41) is 18.3. The van der Waals surface area contributed by atoms with Crippen LogP contribution in [0.3, 0.4) is 0 Å². The number of hydrogen-bond acceptors (Lipinski definition) is 6. The van der Waals surface area contributed by atoms with Crippen LogP contribution in [0.15, 0.2) is 94.5 Å². The van der Waals surface area contributed by atoms with E-state index in [2.05, 4.69) is 49.2 Å². The minimum Gasteiger partial charge on any atom is -0.419 e. The molecule has 2 heterocycles. The molecule has 3 aromatic carbocycles. The molecule has 2 aromatic heterocycles. The number of rotatable bonds is 7. The smallest absolute Gasteiger partial charge is 0.247 e. The van der Waals surface area contributed by atoms with Gasteiger partial charge in [-0.25, -0.2) is 0 Å². The largest absolute Gasteiger partial charge is 0.419 e. The van der Waals surface area contributed by atoms with Gasteiger partial charge in [-0.3, -0.25) is 4.57 Å². The average Bonchev–Trinajstić information content (AvgIpc) is 3.48. The molecule has 0 spiro atoms. The van der Waals surface area contributed by atoms with E-state index in [1.54, 1.807) is 11.8 Å². The van der Waals surface area contributed by atoms with Crippen LogP contribution >= 0.6 is 11.8 Å². The molecule has 0 unspecified atom stereocenters. The van der Waals surface area contributed by atoms with E-state index in [4.69, 9.17) is 4.42 Å². The van der Waals surface area contributed by atoms with E-state index in [9.17, 15) is 0 Å². The topological polar surface area (TPSA) is 69.6 Å². The molecule has 0 bridgehead atoms. The Hall–Kier alpha value is -3.71. The predicted octanol–water partition coefficient (Wildman–Crippen LogP) is 6.07. The highest BCUT2D eigenvalue weighted by Gasteiger charge is 2.22. The van der Waals surface area contributed by atoms with Gasteiger partial charge in [0.1, 0.15) is 5.82 Å². The number of para-hydroxylation sites is 1. The Bertz CT molecular complexity index is 1350. The molecule has 164 valence electrons. The first kappa shape index (κ1) is 21.2. The lowest BCUT2D eigenvalue weighted by atomic mass is 10.1. The van der Waals surface area contributed by atoms with Gasteiger partial charge in [0.15, 0.2) is 5.16 Å². The third-order valence-electron chi connectivity index (χ3n) is 5.26. The summed E-state index contributed by atoms with van der Waals surface area (Å²) >= 11 is 1.55. The maximum Gasteiger partial charge on any atom is 0.247 e. The minimum absolute atomic E-state index is 0.0905. The second-order valence-corrected chi connectivity index (χ2v) is 9.12. The lowest BCUT2D eigenvalue weighted by molar-refractivity contribution is 0.509. The van der Waals surface area contributed by atoms with Crippen molar-refractivity contribution in [2.75, 3.05) is 0 Å². The van der Waals surface area contributed by atoms with E-state index < -0.39 is 0 Å². The molecule has 0 aliphatic rings. The van der Waals surface area contributed by atoms with Crippen molar-refractivity contribution in [1.29, 1.82) is 0 Å². The molecule has 5 rings (SSSR count). The molecule has 0 amide bonds. The summed E-state index contributed by atoms with van der Waals surface area (Å²) in [6, 6.07) is 28.5. The summed E-state index contributed by atoms with van der Waals surface area (Å²) in [7, 11) is 0. The average molecular weight is 454 g/mol. The first-order chi connectivity index (χ1) is 16.2. The van der Waals surface area contributed by atoms with Gasteiger partial charge in [0.05, 0.1) is 5.25 Å². The molecule has 0 aliphatic heterocycles. The Kier molecular flexibility index (Phi) is 6.04. The summed E-state index contributed by atoms with van der Waals surface area (Å²) in [6.07, 6.45) is 0.690. The zero-order valence-corrected chi connectivity index (χ0v) is 19.2. The molecular formula is C26H23N5OS. The second kappa shape index (κ2) is 9.42. The molecule has 33 heavy (non-hydrogen) atoms. The third-order valence-corrected chi connectivity index (χ3v) is 6.29. The Labute approximate surface area is 196 Å². The van der Waals surface area contributed by atoms with E-state index in [-0.39, 0.29) is 5.25 Å². The van der Waals surface area contributed by atoms with Crippen LogP contribution in [0.5, 0.6) is 0 Å². The predicted molar refractivity (Wildman–Crippen MR) is 129 cm³/mol. The van der Waals surface area contributed by atoms with Gasteiger partial charge in [0, 0.05) is 17.7 Å². The highest BCUT2D eigenvalue weighted by molar-refractivity contribution is 7.99. The van der Waals surface area contributed by atoms with Crippen LogP contribution in [0.4, 0.5) is 0 Å². The van der Waals surface area contributed by atoms with E-state index >= 15 is 0 Å². The summed E-state index contributed by atoms with van der Waals surface area (Å²) in [5.74, 6) is 1.97. The maximum atomic E-state index is 6.01. The van der Waals surface area contributed by atoms with Gasteiger partial charge in [0.25, 0.3) is 0 Å². The summed E-state index contributed by atoms with van der Waals surface area (Å²) in [6.45, 7) is 4.09. The number of aromatic nitrogens is 5. The van der Waals surface area contributed by atoms with Gasteiger partial charge >= 0.3 is 0 Å². The molecule has 5 aromatic rings. The zero-order valence-electron chi connectivity index (χ0n) is 18.4. The molecule has 0 saturated carbocycles. The molecule has 6 nitrogen and oxygen atoms in total. The molecule has 1 atom stereocenters. The number of thioether (sulfide) groups is 1. The molecule has 0 aliphatic carbocycles. The van der Waals surface area contributed by atoms with Crippen molar-refractivity contribution in [3.8, 4) is 17.1 Å². The fourth-order valence-corrected chi connectivity index (χ4v) is 4.52. The maximum absolute atomic E-state index is 6.01. The van der Waals surface area contributed by atoms with Crippen LogP contribution < -0.4 is 0 Å². The second-order valence-electron chi connectivity index (χ2n) is 7.81. The van der Waals surface area contributed by atoms with Gasteiger partial charge in [-0.1, -0.05) is 78.0 Å². The van der Waals surface area contributed by atoms with Crippen LogP contribution in [0, 0.1) is 6.92 Å². The van der Waals surface area contributed by atoms with Crippen molar-refractivity contribution in [1.82, 2.24) is 25.0 Å². The van der Waals surface area contributed by atoms with E-state index in [0.717, 1.165) is 27.8 Å². The van der Waals surface area contributed by atoms with Crippen molar-refractivity contribution in [3.63, 3.8) is 0 Å². The van der Waals surface area contributed by atoms with Crippen LogP contribution in [0.1, 0.15) is 35.0 Å². The summed E-state index contributed by atoms with van der Waals surface area (Å²) in [4.78, 5) is 0. The van der Waals surface area contributed by atoms with E-state index in [1.165, 1.54) is 5.56 Å². The van der Waals surface area contributed by atoms with Crippen molar-refractivity contribution in [2.45, 2.75) is 30.7 Å². The Morgan fingerprint density at radius 3 is 2.36 bits per heavy atom. The van der Waals surface area contributed by atoms with Gasteiger partial charge in [0.2, 0.25) is 11.8 Å². The van der Waals surface area contributed by atoms with Crippen LogP contribution in [0.2, 0.25) is 0 Å². The monoisotopic (exact) mass is 453 g/mol. The van der Waals surface area contributed by atoms with E-state index in [1.807, 2.05) is 74.5 Å². The molecule has 0 N–H and O–H groups in total. The normalized spacial score (nSPS) is 12.1. The van der Waals surface area contributed by atoms with Gasteiger partial charge in [-0.15, -0.1) is 20.4 Å². The summed E-state index contributed by atoms with van der Waals surface area (Å²) < 4.78 is 8.11. The van der Waals surface area contributed by atoms with Crippen LogP contribution in [-0.4, -0.2) is 25.0 Å². The first-order valence-corrected chi connectivity index (χ1v) is 11.7.